The Morgan fingerprint density at radius 1 is 1.10 bits per heavy atom. The van der Waals surface area contributed by atoms with Crippen LogP contribution >= 0.6 is 0 Å². The summed E-state index contributed by atoms with van der Waals surface area (Å²) in [5, 5.41) is 21.8. The second-order valence-electron chi connectivity index (χ2n) is 12.5. The van der Waals surface area contributed by atoms with Crippen molar-refractivity contribution in [2.75, 3.05) is 18.8 Å². The zero-order valence-corrected chi connectivity index (χ0v) is 23.9. The molecule has 0 unspecified atom stereocenters. The van der Waals surface area contributed by atoms with Gasteiger partial charge in [-0.25, -0.2) is 9.97 Å². The van der Waals surface area contributed by atoms with Gasteiger partial charge in [0, 0.05) is 31.6 Å². The Balaban J connectivity index is 1.13. The third-order valence-corrected chi connectivity index (χ3v) is 8.48. The minimum atomic E-state index is -1.11. The van der Waals surface area contributed by atoms with Crippen LogP contribution < -0.4 is 5.73 Å². The molecule has 4 N–H and O–H groups in total. The van der Waals surface area contributed by atoms with Gasteiger partial charge in [0.2, 0.25) is 0 Å². The molecular formula is C31H43N5O4. The van der Waals surface area contributed by atoms with Crippen molar-refractivity contribution in [2.45, 2.75) is 102 Å². The minimum Gasteiger partial charge on any atom is -0.397 e. The first kappa shape index (κ1) is 28.7. The molecule has 3 heterocycles. The molecule has 2 fully saturated rings. The molecule has 0 radical (unpaired) electrons. The summed E-state index contributed by atoms with van der Waals surface area (Å²) in [5.41, 5.74) is 10.0. The number of aromatic nitrogens is 3. The van der Waals surface area contributed by atoms with E-state index in [1.54, 1.807) is 23.2 Å². The molecule has 0 spiro atoms. The van der Waals surface area contributed by atoms with E-state index in [0.29, 0.717) is 42.3 Å². The number of rotatable bonds is 11. The van der Waals surface area contributed by atoms with Crippen LogP contribution in [0.4, 0.5) is 5.69 Å². The van der Waals surface area contributed by atoms with Crippen LogP contribution in [0.25, 0.3) is 11.2 Å². The molecule has 5 rings (SSSR count). The molecule has 3 aromatic rings. The number of ketones is 1. The number of aliphatic hydroxyl groups is 2. The number of imidazole rings is 1. The van der Waals surface area contributed by atoms with E-state index < -0.39 is 24.5 Å². The molecule has 1 aliphatic heterocycles. The third-order valence-electron chi connectivity index (χ3n) is 8.48. The number of carbonyl (C=O) groups is 1. The van der Waals surface area contributed by atoms with E-state index in [4.69, 9.17) is 10.5 Å². The van der Waals surface area contributed by atoms with Gasteiger partial charge in [-0.15, -0.1) is 0 Å². The quantitative estimate of drug-likeness (QED) is 0.309. The van der Waals surface area contributed by atoms with E-state index in [9.17, 15) is 15.0 Å². The van der Waals surface area contributed by atoms with Gasteiger partial charge in [-0.05, 0) is 54.8 Å². The van der Waals surface area contributed by atoms with Crippen LogP contribution in [0.2, 0.25) is 0 Å². The fraction of sp³-hybridized carbons (Fsp3) is 0.581. The van der Waals surface area contributed by atoms with E-state index in [2.05, 4.69) is 59.9 Å². The first-order valence-corrected chi connectivity index (χ1v) is 14.6. The molecular weight excluding hydrogens is 506 g/mol. The maximum absolute atomic E-state index is 12.6. The molecule has 9 heteroatoms. The average Bonchev–Trinajstić information content (AvgIpc) is 3.42. The Labute approximate surface area is 236 Å². The molecule has 0 amide bonds. The number of hydrogen-bond acceptors (Lipinski definition) is 8. The maximum Gasteiger partial charge on any atom is 0.165 e. The maximum atomic E-state index is 12.6. The van der Waals surface area contributed by atoms with Gasteiger partial charge < -0.3 is 20.7 Å². The highest BCUT2D eigenvalue weighted by molar-refractivity contribution is 5.83. The minimum absolute atomic E-state index is 0.104. The lowest BCUT2D eigenvalue weighted by Gasteiger charge is -2.39. The molecule has 0 bridgehead atoms. The second kappa shape index (κ2) is 11.9. The Morgan fingerprint density at radius 3 is 2.52 bits per heavy atom. The zero-order valence-electron chi connectivity index (χ0n) is 23.9. The summed E-state index contributed by atoms with van der Waals surface area (Å²) in [7, 11) is 0. The number of nitrogens with two attached hydrogens (primary N) is 1. The Kier molecular flexibility index (Phi) is 8.56. The third kappa shape index (κ3) is 6.22. The van der Waals surface area contributed by atoms with Gasteiger partial charge in [-0.2, -0.15) is 0 Å². The average molecular weight is 550 g/mol. The van der Waals surface area contributed by atoms with Crippen molar-refractivity contribution < 1.29 is 19.7 Å². The number of ether oxygens (including phenoxy) is 1. The molecule has 2 aliphatic rings. The Hall–Kier alpha value is -2.85. The Morgan fingerprint density at radius 2 is 1.85 bits per heavy atom. The summed E-state index contributed by atoms with van der Waals surface area (Å²) in [6.07, 6.45) is 5.87. The predicted molar refractivity (Wildman–Crippen MR) is 155 cm³/mol. The number of nitrogen functional groups attached to an aromatic ring is 1. The van der Waals surface area contributed by atoms with Crippen molar-refractivity contribution in [3.05, 3.63) is 54.0 Å². The lowest BCUT2D eigenvalue weighted by molar-refractivity contribution is -0.118. The molecule has 1 aromatic carbocycles. The van der Waals surface area contributed by atoms with E-state index >= 15 is 0 Å². The van der Waals surface area contributed by atoms with E-state index in [0.717, 1.165) is 37.8 Å². The number of Topliss-reactive ketones (excluding diaryl/α,β-unsaturated/α-hetero) is 1. The summed E-state index contributed by atoms with van der Waals surface area (Å²) in [4.78, 5) is 23.7. The number of nitrogens with zero attached hydrogens (tertiary/aromatic N) is 4. The second-order valence-corrected chi connectivity index (χ2v) is 12.5. The van der Waals surface area contributed by atoms with Gasteiger partial charge in [-0.3, -0.25) is 14.3 Å². The summed E-state index contributed by atoms with van der Waals surface area (Å²) < 4.78 is 7.86. The lowest BCUT2D eigenvalue weighted by atomic mass is 9.86. The fourth-order valence-electron chi connectivity index (χ4n) is 5.73. The van der Waals surface area contributed by atoms with Gasteiger partial charge in [0.15, 0.2) is 11.9 Å². The molecule has 2 aromatic heterocycles. The van der Waals surface area contributed by atoms with Crippen LogP contribution in [-0.2, 0) is 21.4 Å². The zero-order chi connectivity index (χ0) is 28.4. The Bertz CT molecular complexity index is 1300. The number of hydrogen-bond donors (Lipinski definition) is 3. The van der Waals surface area contributed by atoms with E-state index in [-0.39, 0.29) is 11.2 Å². The van der Waals surface area contributed by atoms with Crippen LogP contribution in [0.1, 0.15) is 76.7 Å². The number of unbranched alkanes of at least 4 members (excludes halogenated alkanes) is 1. The summed E-state index contributed by atoms with van der Waals surface area (Å²) in [5.74, 6) is 0.265. The van der Waals surface area contributed by atoms with E-state index in [1.807, 2.05) is 0 Å². The van der Waals surface area contributed by atoms with Crippen molar-refractivity contribution in [2.24, 2.45) is 0 Å². The largest absolute Gasteiger partial charge is 0.397 e. The number of pyridine rings is 1. The molecule has 1 saturated carbocycles. The smallest absolute Gasteiger partial charge is 0.165 e. The summed E-state index contributed by atoms with van der Waals surface area (Å²) in [6, 6.07) is 10.5. The number of benzene rings is 1. The number of anilines is 1. The molecule has 9 nitrogen and oxygen atoms in total. The number of aliphatic hydroxyl groups excluding tert-OH is 2. The van der Waals surface area contributed by atoms with Crippen LogP contribution in [-0.4, -0.2) is 72.9 Å². The van der Waals surface area contributed by atoms with Crippen molar-refractivity contribution in [3.63, 3.8) is 0 Å². The van der Waals surface area contributed by atoms with Gasteiger partial charge in [-0.1, -0.05) is 51.5 Å². The molecule has 4 atom stereocenters. The summed E-state index contributed by atoms with van der Waals surface area (Å²) in [6.45, 7) is 7.92. The van der Waals surface area contributed by atoms with Gasteiger partial charge >= 0.3 is 0 Å². The molecule has 216 valence electrons. The normalized spacial score (nSPS) is 23.6. The molecule has 40 heavy (non-hydrogen) atoms. The highest BCUT2D eigenvalue weighted by Gasteiger charge is 2.45. The van der Waals surface area contributed by atoms with Gasteiger partial charge in [0.05, 0.1) is 12.0 Å². The van der Waals surface area contributed by atoms with Crippen molar-refractivity contribution in [1.82, 2.24) is 19.4 Å². The van der Waals surface area contributed by atoms with Gasteiger partial charge in [0.25, 0.3) is 0 Å². The van der Waals surface area contributed by atoms with Gasteiger partial charge in [0.1, 0.15) is 29.6 Å². The molecule has 1 saturated heterocycles. The standard InChI is InChI=1S/C31H43N5O4/c1-31(2,3)21-12-10-20(11-13-21)17-23(37)9-4-5-16-35(22-7-6-8-22)18-25-27(38)28(39)30(40-25)36-19-34-26-24(32)14-15-33-29(26)36/h10-15,19,22,25,27-28,30,38-39H,4-9,16-18H2,1-3H3,(H2,32,33)/t25-,27-,28-,30-/m1/s1. The van der Waals surface area contributed by atoms with Crippen molar-refractivity contribution in [3.8, 4) is 0 Å². The van der Waals surface area contributed by atoms with Crippen molar-refractivity contribution in [1.29, 1.82) is 0 Å². The highest BCUT2D eigenvalue weighted by Crippen LogP contribution is 2.34. The predicted octanol–water partition coefficient (Wildman–Crippen LogP) is 3.77. The molecule has 1 aliphatic carbocycles. The number of carbonyl (C=O) groups excluding carboxylic acids is 1. The monoisotopic (exact) mass is 549 g/mol. The highest BCUT2D eigenvalue weighted by atomic mass is 16.6. The SMILES string of the molecule is CC(C)(C)c1ccc(CC(=O)CCCCN(C[C@H]2O[C@@H](n3cnc4c(N)ccnc43)[C@H](O)[C@@H]2O)C2CCC2)cc1. The van der Waals surface area contributed by atoms with Crippen LogP contribution in [0, 0.1) is 0 Å². The lowest BCUT2D eigenvalue weighted by Crippen LogP contribution is -2.47. The van der Waals surface area contributed by atoms with Crippen LogP contribution in [0.3, 0.4) is 0 Å². The fourth-order valence-corrected chi connectivity index (χ4v) is 5.73. The first-order chi connectivity index (χ1) is 19.1. The topological polar surface area (TPSA) is 127 Å². The van der Waals surface area contributed by atoms with Crippen LogP contribution in [0.5, 0.6) is 0 Å². The first-order valence-electron chi connectivity index (χ1n) is 14.6. The van der Waals surface area contributed by atoms with Crippen molar-refractivity contribution >= 4 is 22.6 Å². The van der Waals surface area contributed by atoms with E-state index in [1.165, 1.54) is 12.0 Å². The summed E-state index contributed by atoms with van der Waals surface area (Å²) >= 11 is 0. The van der Waals surface area contributed by atoms with Crippen LogP contribution in [0.15, 0.2) is 42.9 Å². The number of fused-ring (bicyclic) bond motifs is 1.